The minimum Gasteiger partial charge on any atom is -0.340 e. The van der Waals surface area contributed by atoms with Crippen LogP contribution in [0.5, 0.6) is 0 Å². The molecule has 0 saturated heterocycles. The van der Waals surface area contributed by atoms with Gasteiger partial charge in [-0.1, -0.05) is 29.8 Å². The van der Waals surface area contributed by atoms with Crippen molar-refractivity contribution in [1.29, 1.82) is 0 Å². The van der Waals surface area contributed by atoms with Crippen molar-refractivity contribution >= 4 is 29.2 Å². The summed E-state index contributed by atoms with van der Waals surface area (Å²) in [5.41, 5.74) is 4.69. The second-order valence-electron chi connectivity index (χ2n) is 5.98. The fourth-order valence-electron chi connectivity index (χ4n) is 2.34. The van der Waals surface area contributed by atoms with Crippen LogP contribution in [-0.4, -0.2) is 15.9 Å². The van der Waals surface area contributed by atoms with E-state index in [9.17, 15) is 4.79 Å². The standard InChI is InChI=1S/C21H20N4O/c1-15-3-5-17(6-4-15)7-12-21(26)25-19-10-8-18(9-11-19)24-20-13-16(2)22-14-23-20/h3-14H,1-2H3,(H,25,26)(H,22,23,24)/b12-7+. The number of hydrogen-bond acceptors (Lipinski definition) is 4. The molecule has 2 N–H and O–H groups in total. The minimum absolute atomic E-state index is 0.169. The van der Waals surface area contributed by atoms with Crippen LogP contribution in [0.25, 0.3) is 6.08 Å². The van der Waals surface area contributed by atoms with Crippen molar-refractivity contribution in [3.05, 3.63) is 83.8 Å². The normalized spacial score (nSPS) is 10.7. The molecule has 130 valence electrons. The first-order valence-corrected chi connectivity index (χ1v) is 8.30. The summed E-state index contributed by atoms with van der Waals surface area (Å²) in [5, 5.41) is 6.04. The molecule has 3 aromatic rings. The lowest BCUT2D eigenvalue weighted by atomic mass is 10.1. The summed E-state index contributed by atoms with van der Waals surface area (Å²) in [6.07, 6.45) is 4.84. The zero-order valence-corrected chi connectivity index (χ0v) is 14.7. The molecule has 0 atom stereocenters. The molecule has 5 heteroatoms. The third-order valence-electron chi connectivity index (χ3n) is 3.73. The Labute approximate surface area is 152 Å². The summed E-state index contributed by atoms with van der Waals surface area (Å²) in [5.74, 6) is 0.563. The lowest BCUT2D eigenvalue weighted by Gasteiger charge is -2.07. The second kappa shape index (κ2) is 8.07. The summed E-state index contributed by atoms with van der Waals surface area (Å²) >= 11 is 0. The molecule has 1 amide bonds. The number of nitrogens with zero attached hydrogens (tertiary/aromatic N) is 2. The molecule has 5 nitrogen and oxygen atoms in total. The maximum atomic E-state index is 12.0. The third-order valence-corrected chi connectivity index (χ3v) is 3.73. The zero-order chi connectivity index (χ0) is 18.4. The monoisotopic (exact) mass is 344 g/mol. The van der Waals surface area contributed by atoms with Crippen LogP contribution < -0.4 is 10.6 Å². The van der Waals surface area contributed by atoms with Gasteiger partial charge in [0.25, 0.3) is 0 Å². The molecule has 1 aromatic heterocycles. The molecule has 0 bridgehead atoms. The summed E-state index contributed by atoms with van der Waals surface area (Å²) in [4.78, 5) is 20.3. The van der Waals surface area contributed by atoms with E-state index >= 15 is 0 Å². The van der Waals surface area contributed by atoms with Crippen LogP contribution >= 0.6 is 0 Å². The van der Waals surface area contributed by atoms with Gasteiger partial charge in [-0.25, -0.2) is 9.97 Å². The number of carbonyl (C=O) groups excluding carboxylic acids is 1. The maximum absolute atomic E-state index is 12.0. The van der Waals surface area contributed by atoms with Crippen LogP contribution in [0, 0.1) is 13.8 Å². The van der Waals surface area contributed by atoms with E-state index in [2.05, 4.69) is 20.6 Å². The highest BCUT2D eigenvalue weighted by atomic mass is 16.1. The average Bonchev–Trinajstić information content (AvgIpc) is 2.63. The van der Waals surface area contributed by atoms with Gasteiger partial charge in [-0.05, 0) is 49.8 Å². The van der Waals surface area contributed by atoms with Gasteiger partial charge in [0.05, 0.1) is 0 Å². The van der Waals surface area contributed by atoms with E-state index in [1.807, 2.05) is 68.4 Å². The molecule has 0 saturated carbocycles. The van der Waals surface area contributed by atoms with E-state index in [-0.39, 0.29) is 5.91 Å². The maximum Gasteiger partial charge on any atom is 0.248 e. The molecular formula is C21H20N4O. The summed E-state index contributed by atoms with van der Waals surface area (Å²) in [6.45, 7) is 3.94. The van der Waals surface area contributed by atoms with E-state index < -0.39 is 0 Å². The van der Waals surface area contributed by atoms with Crippen molar-refractivity contribution in [2.75, 3.05) is 10.6 Å². The molecule has 1 heterocycles. The number of aromatic nitrogens is 2. The van der Waals surface area contributed by atoms with E-state index in [0.29, 0.717) is 0 Å². The van der Waals surface area contributed by atoms with Crippen molar-refractivity contribution in [2.24, 2.45) is 0 Å². The van der Waals surface area contributed by atoms with Gasteiger partial charge in [0, 0.05) is 29.2 Å². The molecule has 2 aromatic carbocycles. The van der Waals surface area contributed by atoms with Gasteiger partial charge in [-0.2, -0.15) is 0 Å². The van der Waals surface area contributed by atoms with Crippen molar-refractivity contribution in [3.8, 4) is 0 Å². The smallest absolute Gasteiger partial charge is 0.248 e. The number of rotatable bonds is 5. The molecular weight excluding hydrogens is 324 g/mol. The highest BCUT2D eigenvalue weighted by Crippen LogP contribution is 2.17. The molecule has 0 spiro atoms. The Morgan fingerprint density at radius 1 is 0.923 bits per heavy atom. The average molecular weight is 344 g/mol. The van der Waals surface area contributed by atoms with Crippen LogP contribution in [0.1, 0.15) is 16.8 Å². The van der Waals surface area contributed by atoms with Crippen LogP contribution in [0.15, 0.2) is 67.0 Å². The predicted molar refractivity (Wildman–Crippen MR) is 105 cm³/mol. The Morgan fingerprint density at radius 3 is 2.31 bits per heavy atom. The molecule has 26 heavy (non-hydrogen) atoms. The number of aryl methyl sites for hydroxylation is 2. The topological polar surface area (TPSA) is 66.9 Å². The Kier molecular flexibility index (Phi) is 5.39. The minimum atomic E-state index is -0.169. The summed E-state index contributed by atoms with van der Waals surface area (Å²) < 4.78 is 0. The van der Waals surface area contributed by atoms with Crippen LogP contribution in [0.4, 0.5) is 17.2 Å². The van der Waals surface area contributed by atoms with Gasteiger partial charge in [0.2, 0.25) is 5.91 Å². The number of nitrogens with one attached hydrogen (secondary N) is 2. The molecule has 0 aliphatic rings. The molecule has 0 aliphatic carbocycles. The Bertz CT molecular complexity index is 916. The number of amides is 1. The highest BCUT2D eigenvalue weighted by Gasteiger charge is 2.00. The van der Waals surface area contributed by atoms with E-state index in [1.165, 1.54) is 18.0 Å². The Morgan fingerprint density at radius 2 is 1.62 bits per heavy atom. The van der Waals surface area contributed by atoms with E-state index in [0.717, 1.165) is 28.5 Å². The molecule has 0 radical (unpaired) electrons. The van der Waals surface area contributed by atoms with Crippen molar-refractivity contribution in [2.45, 2.75) is 13.8 Å². The number of hydrogen-bond donors (Lipinski definition) is 2. The van der Waals surface area contributed by atoms with E-state index in [4.69, 9.17) is 0 Å². The van der Waals surface area contributed by atoms with Crippen LogP contribution in [-0.2, 0) is 4.79 Å². The molecule has 3 rings (SSSR count). The molecule has 0 aliphatic heterocycles. The fourth-order valence-corrected chi connectivity index (χ4v) is 2.34. The summed E-state index contributed by atoms with van der Waals surface area (Å²) in [6, 6.07) is 17.3. The third kappa shape index (κ3) is 5.01. The Balaban J connectivity index is 1.58. The Hall–Kier alpha value is -3.47. The van der Waals surface area contributed by atoms with Gasteiger partial charge in [0.1, 0.15) is 12.1 Å². The van der Waals surface area contributed by atoms with E-state index in [1.54, 1.807) is 6.08 Å². The van der Waals surface area contributed by atoms with Crippen molar-refractivity contribution < 1.29 is 4.79 Å². The lowest BCUT2D eigenvalue weighted by molar-refractivity contribution is -0.111. The highest BCUT2D eigenvalue weighted by molar-refractivity contribution is 6.02. The lowest BCUT2D eigenvalue weighted by Crippen LogP contribution is -2.07. The summed E-state index contributed by atoms with van der Waals surface area (Å²) in [7, 11) is 0. The van der Waals surface area contributed by atoms with Gasteiger partial charge in [-0.15, -0.1) is 0 Å². The van der Waals surface area contributed by atoms with Gasteiger partial charge < -0.3 is 10.6 Å². The van der Waals surface area contributed by atoms with Gasteiger partial charge in [0.15, 0.2) is 0 Å². The quantitative estimate of drug-likeness (QED) is 0.669. The van der Waals surface area contributed by atoms with Crippen LogP contribution in [0.2, 0.25) is 0 Å². The zero-order valence-electron chi connectivity index (χ0n) is 14.7. The number of anilines is 3. The largest absolute Gasteiger partial charge is 0.340 e. The fraction of sp³-hybridized carbons (Fsp3) is 0.0952. The van der Waals surface area contributed by atoms with Crippen molar-refractivity contribution in [3.63, 3.8) is 0 Å². The predicted octanol–water partition coefficient (Wildman–Crippen LogP) is 4.49. The van der Waals surface area contributed by atoms with Gasteiger partial charge in [-0.3, -0.25) is 4.79 Å². The SMILES string of the molecule is Cc1ccc(/C=C/C(=O)Nc2ccc(Nc3cc(C)ncn3)cc2)cc1. The first-order chi connectivity index (χ1) is 12.6. The second-order valence-corrected chi connectivity index (χ2v) is 5.98. The first-order valence-electron chi connectivity index (χ1n) is 8.30. The van der Waals surface area contributed by atoms with Gasteiger partial charge >= 0.3 is 0 Å². The molecule has 0 fully saturated rings. The van der Waals surface area contributed by atoms with Crippen LogP contribution in [0.3, 0.4) is 0 Å². The first kappa shape index (κ1) is 17.4. The van der Waals surface area contributed by atoms with Crippen molar-refractivity contribution in [1.82, 2.24) is 9.97 Å². The number of carbonyl (C=O) groups is 1. The molecule has 0 unspecified atom stereocenters. The number of benzene rings is 2.